The summed E-state index contributed by atoms with van der Waals surface area (Å²) in [7, 11) is 0. The molecule has 0 heterocycles. The number of rotatable bonds is 0. The van der Waals surface area contributed by atoms with E-state index in [1.807, 2.05) is 0 Å². The number of aliphatic hydroxyl groups is 1. The predicted octanol–water partition coefficient (Wildman–Crippen LogP) is 4.05. The molecule has 22 heavy (non-hydrogen) atoms. The van der Waals surface area contributed by atoms with Gasteiger partial charge in [-0.2, -0.15) is 0 Å². The Morgan fingerprint density at radius 1 is 1.23 bits per heavy atom. The fraction of sp³-hybridized carbons (Fsp3) is 0.750. The maximum Gasteiger partial charge on any atom is 0.165 e. The van der Waals surface area contributed by atoms with Crippen LogP contribution in [0, 0.1) is 28.6 Å². The number of aliphatic hydroxyl groups excluding tert-OH is 1. The van der Waals surface area contributed by atoms with Crippen LogP contribution in [0.15, 0.2) is 23.3 Å². The topological polar surface area (TPSA) is 37.3 Å². The summed E-state index contributed by atoms with van der Waals surface area (Å²) in [4.78, 5) is 12.7. The Balaban J connectivity index is 1.87. The molecule has 0 saturated heterocycles. The zero-order chi connectivity index (χ0) is 15.9. The molecule has 4 aliphatic rings. The third kappa shape index (κ3) is 1.62. The maximum absolute atomic E-state index is 12.7. The summed E-state index contributed by atoms with van der Waals surface area (Å²) in [5.41, 5.74) is 3.73. The van der Waals surface area contributed by atoms with Crippen LogP contribution in [0.5, 0.6) is 0 Å². The SMILES string of the molecule is C=C1C(=O)[C@H]2C[C@@H]1CC1=C2[C@@]2(C)[C@H](CC1)C(C)(C)CC[C@@H]2O. The quantitative estimate of drug-likeness (QED) is 0.541. The van der Waals surface area contributed by atoms with E-state index in [4.69, 9.17) is 0 Å². The van der Waals surface area contributed by atoms with Crippen LogP contribution in [0.4, 0.5) is 0 Å². The molecule has 2 heteroatoms. The van der Waals surface area contributed by atoms with Gasteiger partial charge in [-0.15, -0.1) is 0 Å². The largest absolute Gasteiger partial charge is 0.392 e. The van der Waals surface area contributed by atoms with Crippen molar-refractivity contribution >= 4 is 5.78 Å². The van der Waals surface area contributed by atoms with E-state index in [9.17, 15) is 9.90 Å². The number of Topliss-reactive ketones (excluding diaryl/α,β-unsaturated/α-hetero) is 1. The second-order valence-electron chi connectivity index (χ2n) is 9.01. The summed E-state index contributed by atoms with van der Waals surface area (Å²) < 4.78 is 0. The minimum atomic E-state index is -0.297. The number of allylic oxidation sites excluding steroid dienone is 2. The van der Waals surface area contributed by atoms with E-state index in [-0.39, 0.29) is 28.6 Å². The zero-order valence-electron chi connectivity index (χ0n) is 14.1. The lowest BCUT2D eigenvalue weighted by Crippen LogP contribution is -2.55. The highest BCUT2D eigenvalue weighted by molar-refractivity contribution is 6.02. The van der Waals surface area contributed by atoms with Gasteiger partial charge in [0.15, 0.2) is 5.78 Å². The Labute approximate surface area is 133 Å². The monoisotopic (exact) mass is 300 g/mol. The van der Waals surface area contributed by atoms with Crippen molar-refractivity contribution in [3.8, 4) is 0 Å². The van der Waals surface area contributed by atoms with Crippen LogP contribution < -0.4 is 0 Å². The van der Waals surface area contributed by atoms with Crippen LogP contribution in [-0.4, -0.2) is 17.0 Å². The van der Waals surface area contributed by atoms with Gasteiger partial charge in [-0.1, -0.05) is 38.5 Å². The standard InChI is InChI=1S/C20H28O2/c1-11-13-9-12-5-6-15-19(2,3)8-7-16(21)20(15,4)17(12)14(10-13)18(11)22/h13-16,21H,1,5-10H2,2-4H3/t13-,14-,15+,16-,20-/m0/s1. The fourth-order valence-corrected chi connectivity index (χ4v) is 6.46. The molecule has 4 aliphatic carbocycles. The van der Waals surface area contributed by atoms with E-state index in [1.165, 1.54) is 17.6 Å². The van der Waals surface area contributed by atoms with Crippen LogP contribution >= 0.6 is 0 Å². The molecule has 0 aromatic heterocycles. The van der Waals surface area contributed by atoms with Crippen molar-refractivity contribution in [3.05, 3.63) is 23.3 Å². The van der Waals surface area contributed by atoms with Crippen LogP contribution in [0.3, 0.4) is 0 Å². The molecular weight excluding hydrogens is 272 g/mol. The molecule has 0 aliphatic heterocycles. The predicted molar refractivity (Wildman–Crippen MR) is 87.2 cm³/mol. The first-order chi connectivity index (χ1) is 10.3. The first-order valence-corrected chi connectivity index (χ1v) is 8.90. The van der Waals surface area contributed by atoms with Gasteiger partial charge in [0, 0.05) is 11.3 Å². The van der Waals surface area contributed by atoms with Crippen molar-refractivity contribution < 1.29 is 9.90 Å². The second kappa shape index (κ2) is 4.35. The van der Waals surface area contributed by atoms with E-state index in [0.29, 0.717) is 11.8 Å². The van der Waals surface area contributed by atoms with Gasteiger partial charge in [-0.25, -0.2) is 0 Å². The van der Waals surface area contributed by atoms with Crippen molar-refractivity contribution in [2.75, 3.05) is 0 Å². The molecule has 2 nitrogen and oxygen atoms in total. The maximum atomic E-state index is 12.7. The summed E-state index contributed by atoms with van der Waals surface area (Å²) in [5, 5.41) is 10.9. The van der Waals surface area contributed by atoms with Crippen molar-refractivity contribution in [3.63, 3.8) is 0 Å². The summed E-state index contributed by atoms with van der Waals surface area (Å²) in [6, 6.07) is 0. The van der Waals surface area contributed by atoms with Gasteiger partial charge in [0.25, 0.3) is 0 Å². The lowest BCUT2D eigenvalue weighted by atomic mass is 9.47. The summed E-state index contributed by atoms with van der Waals surface area (Å²) >= 11 is 0. The highest BCUT2D eigenvalue weighted by Gasteiger charge is 2.59. The lowest BCUT2D eigenvalue weighted by Gasteiger charge is -2.58. The number of hydrogen-bond donors (Lipinski definition) is 1. The molecule has 2 saturated carbocycles. The molecule has 5 atom stereocenters. The lowest BCUT2D eigenvalue weighted by molar-refractivity contribution is -0.120. The Morgan fingerprint density at radius 2 is 1.95 bits per heavy atom. The number of hydrogen-bond acceptors (Lipinski definition) is 2. The minimum Gasteiger partial charge on any atom is -0.392 e. The van der Waals surface area contributed by atoms with Gasteiger partial charge in [-0.3, -0.25) is 4.79 Å². The van der Waals surface area contributed by atoms with E-state index < -0.39 is 0 Å². The van der Waals surface area contributed by atoms with Crippen molar-refractivity contribution in [1.82, 2.24) is 0 Å². The zero-order valence-corrected chi connectivity index (χ0v) is 14.1. The molecule has 4 rings (SSSR count). The molecule has 2 fully saturated rings. The van der Waals surface area contributed by atoms with Gasteiger partial charge in [0.2, 0.25) is 0 Å². The first-order valence-electron chi connectivity index (χ1n) is 8.90. The first kappa shape index (κ1) is 14.7. The Kier molecular flexibility index (Phi) is 2.90. The molecule has 120 valence electrons. The normalized spacial score (nSPS) is 46.5. The summed E-state index contributed by atoms with van der Waals surface area (Å²) in [5.74, 6) is 1.16. The van der Waals surface area contributed by atoms with Crippen molar-refractivity contribution in [2.45, 2.75) is 65.4 Å². The van der Waals surface area contributed by atoms with Gasteiger partial charge < -0.3 is 5.11 Å². The molecular formula is C20H28O2. The average molecular weight is 300 g/mol. The van der Waals surface area contributed by atoms with Crippen molar-refractivity contribution in [1.29, 1.82) is 0 Å². The van der Waals surface area contributed by atoms with Gasteiger partial charge in [0.05, 0.1) is 6.10 Å². The van der Waals surface area contributed by atoms with Crippen LogP contribution in [0.25, 0.3) is 0 Å². The average Bonchev–Trinajstić information content (AvgIpc) is 2.68. The third-order valence-corrected chi connectivity index (χ3v) is 7.60. The third-order valence-electron chi connectivity index (χ3n) is 7.60. The van der Waals surface area contributed by atoms with E-state index in [0.717, 1.165) is 37.7 Å². The molecule has 0 aromatic rings. The molecule has 0 aromatic carbocycles. The Hall–Kier alpha value is -0.890. The van der Waals surface area contributed by atoms with Gasteiger partial charge >= 0.3 is 0 Å². The highest BCUT2D eigenvalue weighted by atomic mass is 16.3. The smallest absolute Gasteiger partial charge is 0.165 e. The second-order valence-corrected chi connectivity index (χ2v) is 9.01. The summed E-state index contributed by atoms with van der Waals surface area (Å²) in [6.07, 6.45) is 5.91. The molecule has 0 spiro atoms. The van der Waals surface area contributed by atoms with E-state index in [2.05, 4.69) is 27.4 Å². The van der Waals surface area contributed by atoms with E-state index in [1.54, 1.807) is 0 Å². The van der Waals surface area contributed by atoms with Crippen LogP contribution in [-0.2, 0) is 4.79 Å². The minimum absolute atomic E-state index is 0.0256. The molecule has 2 bridgehead atoms. The number of fused-ring (bicyclic) bond motifs is 5. The number of ketones is 1. The molecule has 0 radical (unpaired) electrons. The summed E-state index contributed by atoms with van der Waals surface area (Å²) in [6.45, 7) is 11.0. The fourth-order valence-electron chi connectivity index (χ4n) is 6.46. The van der Waals surface area contributed by atoms with Crippen LogP contribution in [0.2, 0.25) is 0 Å². The molecule has 1 N–H and O–H groups in total. The van der Waals surface area contributed by atoms with Gasteiger partial charge in [-0.05, 0) is 61.3 Å². The van der Waals surface area contributed by atoms with Gasteiger partial charge in [0.1, 0.15) is 0 Å². The van der Waals surface area contributed by atoms with Crippen LogP contribution in [0.1, 0.15) is 59.3 Å². The molecule has 0 amide bonds. The number of carbonyl (C=O) groups excluding carboxylic acids is 1. The highest BCUT2D eigenvalue weighted by Crippen LogP contribution is 2.64. The number of carbonyl (C=O) groups is 1. The van der Waals surface area contributed by atoms with E-state index >= 15 is 0 Å². The van der Waals surface area contributed by atoms with Crippen molar-refractivity contribution in [2.24, 2.45) is 28.6 Å². The Bertz CT molecular complexity index is 597. The Morgan fingerprint density at radius 3 is 2.68 bits per heavy atom. The molecule has 0 unspecified atom stereocenters.